The van der Waals surface area contributed by atoms with Gasteiger partial charge in [0, 0.05) is 30.2 Å². The summed E-state index contributed by atoms with van der Waals surface area (Å²) in [6.07, 6.45) is 10.1. The molecule has 4 aliphatic rings. The van der Waals surface area contributed by atoms with E-state index in [0.29, 0.717) is 40.3 Å². The van der Waals surface area contributed by atoms with Gasteiger partial charge in [-0.3, -0.25) is 9.88 Å². The fourth-order valence-corrected chi connectivity index (χ4v) is 8.19. The van der Waals surface area contributed by atoms with Gasteiger partial charge in [-0.25, -0.2) is 4.39 Å². The van der Waals surface area contributed by atoms with Crippen LogP contribution in [0, 0.1) is 29.0 Å². The van der Waals surface area contributed by atoms with Gasteiger partial charge >= 0.3 is 6.01 Å². The standard InChI is InChI=1S/C33H33FN6O/c34-28-29(25-8-2-6-23-5-1-7-24(16-35)27(23)25)36-17-26-30(28)37-32(41-20-33-11-3-13-40(33)14-4-12-33)38-31(26)39-18-21-9-10-22(15-21)19-39/h1-2,5-8,17,21-22H,3-4,9-15,18-20H2. The molecule has 5 heterocycles. The third-order valence-electron chi connectivity index (χ3n) is 10.1. The van der Waals surface area contributed by atoms with Crippen molar-refractivity contribution in [3.05, 3.63) is 54.0 Å². The Hall–Kier alpha value is -3.83. The van der Waals surface area contributed by atoms with Crippen molar-refractivity contribution >= 4 is 27.5 Å². The molecule has 41 heavy (non-hydrogen) atoms. The normalized spacial score (nSPS) is 23.3. The van der Waals surface area contributed by atoms with Crippen LogP contribution in [0.2, 0.25) is 0 Å². The van der Waals surface area contributed by atoms with Gasteiger partial charge in [0.1, 0.15) is 23.6 Å². The van der Waals surface area contributed by atoms with E-state index in [1.165, 1.54) is 32.1 Å². The summed E-state index contributed by atoms with van der Waals surface area (Å²) in [4.78, 5) is 19.2. The van der Waals surface area contributed by atoms with Crippen LogP contribution >= 0.6 is 0 Å². The molecule has 7 nitrogen and oxygen atoms in total. The van der Waals surface area contributed by atoms with Crippen molar-refractivity contribution in [1.82, 2.24) is 19.9 Å². The maximum absolute atomic E-state index is 16.6. The number of fused-ring (bicyclic) bond motifs is 5. The van der Waals surface area contributed by atoms with E-state index >= 15 is 4.39 Å². The molecular weight excluding hydrogens is 515 g/mol. The SMILES string of the molecule is N#Cc1cccc2cccc(-c3ncc4c(N5CC6CCC(C6)C5)nc(OCC56CCCN5CCC6)nc4c3F)c12. The number of nitriles is 1. The Labute approximate surface area is 239 Å². The number of halogens is 1. The average molecular weight is 549 g/mol. The van der Waals surface area contributed by atoms with Crippen LogP contribution in [0.3, 0.4) is 0 Å². The molecule has 2 aromatic heterocycles. The van der Waals surface area contributed by atoms with Crippen LogP contribution in [-0.2, 0) is 0 Å². The third kappa shape index (κ3) is 4.05. The summed E-state index contributed by atoms with van der Waals surface area (Å²) in [5, 5.41) is 12.0. The van der Waals surface area contributed by atoms with Crippen molar-refractivity contribution in [3.8, 4) is 23.3 Å². The molecule has 2 aromatic carbocycles. The van der Waals surface area contributed by atoms with Gasteiger partial charge < -0.3 is 9.64 Å². The number of rotatable bonds is 5. The van der Waals surface area contributed by atoms with Crippen LogP contribution in [0.1, 0.15) is 50.5 Å². The molecule has 2 unspecified atom stereocenters. The minimum Gasteiger partial charge on any atom is -0.461 e. The third-order valence-corrected chi connectivity index (χ3v) is 10.1. The van der Waals surface area contributed by atoms with Gasteiger partial charge in [-0.05, 0) is 81.3 Å². The van der Waals surface area contributed by atoms with E-state index in [2.05, 4.69) is 20.9 Å². The highest BCUT2D eigenvalue weighted by Gasteiger charge is 2.45. The molecule has 4 fully saturated rings. The van der Waals surface area contributed by atoms with Crippen molar-refractivity contribution in [1.29, 1.82) is 5.26 Å². The van der Waals surface area contributed by atoms with Crippen molar-refractivity contribution in [2.24, 2.45) is 11.8 Å². The number of benzene rings is 2. The number of anilines is 1. The molecule has 1 saturated carbocycles. The Kier molecular flexibility index (Phi) is 5.85. The molecule has 8 heteroatoms. The highest BCUT2D eigenvalue weighted by atomic mass is 19.1. The molecule has 4 aromatic rings. The molecule has 2 atom stereocenters. The second kappa shape index (κ2) is 9.63. The molecule has 1 aliphatic carbocycles. The van der Waals surface area contributed by atoms with Gasteiger partial charge in [0.15, 0.2) is 5.82 Å². The molecule has 8 rings (SSSR count). The predicted molar refractivity (Wildman–Crippen MR) is 156 cm³/mol. The summed E-state index contributed by atoms with van der Waals surface area (Å²) in [6, 6.07) is 13.7. The van der Waals surface area contributed by atoms with E-state index in [9.17, 15) is 5.26 Å². The minimum atomic E-state index is -0.502. The first-order chi connectivity index (χ1) is 20.1. The summed E-state index contributed by atoms with van der Waals surface area (Å²) in [6.45, 7) is 4.58. The Bertz CT molecular complexity index is 1690. The lowest BCUT2D eigenvalue weighted by atomic mass is 9.95. The highest BCUT2D eigenvalue weighted by Crippen LogP contribution is 2.42. The number of ether oxygens (including phenoxy) is 1. The van der Waals surface area contributed by atoms with Crippen LogP contribution in [0.15, 0.2) is 42.6 Å². The smallest absolute Gasteiger partial charge is 0.319 e. The van der Waals surface area contributed by atoms with Crippen LogP contribution in [0.5, 0.6) is 6.01 Å². The molecule has 2 bridgehead atoms. The Morgan fingerprint density at radius 3 is 2.54 bits per heavy atom. The molecular formula is C33H33FN6O. The van der Waals surface area contributed by atoms with E-state index in [1.54, 1.807) is 12.3 Å². The number of nitrogens with zero attached hydrogens (tertiary/aromatic N) is 6. The van der Waals surface area contributed by atoms with Crippen molar-refractivity contribution in [2.45, 2.75) is 50.5 Å². The zero-order valence-corrected chi connectivity index (χ0v) is 23.2. The van der Waals surface area contributed by atoms with Gasteiger partial charge in [0.2, 0.25) is 0 Å². The maximum atomic E-state index is 16.6. The zero-order chi connectivity index (χ0) is 27.6. The number of aromatic nitrogens is 3. The van der Waals surface area contributed by atoms with Crippen molar-refractivity contribution < 1.29 is 9.13 Å². The first-order valence-electron chi connectivity index (χ1n) is 15.0. The van der Waals surface area contributed by atoms with E-state index in [4.69, 9.17) is 14.7 Å². The monoisotopic (exact) mass is 548 g/mol. The summed E-state index contributed by atoms with van der Waals surface area (Å²) in [5.74, 6) is 1.51. The molecule has 208 valence electrons. The number of hydrogen-bond acceptors (Lipinski definition) is 7. The topological polar surface area (TPSA) is 78.2 Å². The predicted octanol–water partition coefficient (Wildman–Crippen LogP) is 6.10. The highest BCUT2D eigenvalue weighted by molar-refractivity contribution is 6.01. The number of pyridine rings is 1. The fourth-order valence-electron chi connectivity index (χ4n) is 8.19. The van der Waals surface area contributed by atoms with Gasteiger partial charge in [-0.2, -0.15) is 15.2 Å². The molecule has 0 amide bonds. The van der Waals surface area contributed by atoms with Crippen LogP contribution in [0.4, 0.5) is 10.2 Å². The first-order valence-corrected chi connectivity index (χ1v) is 15.0. The Morgan fingerprint density at radius 1 is 1.02 bits per heavy atom. The van der Waals surface area contributed by atoms with Crippen LogP contribution in [0.25, 0.3) is 32.9 Å². The lowest BCUT2D eigenvalue weighted by Gasteiger charge is -2.34. The Morgan fingerprint density at radius 2 is 1.78 bits per heavy atom. The van der Waals surface area contributed by atoms with Crippen LogP contribution in [-0.4, -0.2) is 58.2 Å². The van der Waals surface area contributed by atoms with E-state index in [-0.39, 0.29) is 22.8 Å². The van der Waals surface area contributed by atoms with E-state index in [1.807, 2.05) is 30.3 Å². The molecule has 0 N–H and O–H groups in total. The largest absolute Gasteiger partial charge is 0.461 e. The van der Waals surface area contributed by atoms with Crippen LogP contribution < -0.4 is 9.64 Å². The summed E-state index contributed by atoms with van der Waals surface area (Å²) >= 11 is 0. The lowest BCUT2D eigenvalue weighted by molar-refractivity contribution is 0.108. The lowest BCUT2D eigenvalue weighted by Crippen LogP contribution is -2.43. The summed E-state index contributed by atoms with van der Waals surface area (Å²) in [5.41, 5.74) is 1.54. The Balaban J connectivity index is 1.26. The fraction of sp³-hybridized carbons (Fsp3) is 0.455. The molecule has 3 aliphatic heterocycles. The van der Waals surface area contributed by atoms with Gasteiger partial charge in [-0.1, -0.05) is 30.3 Å². The quantitative estimate of drug-likeness (QED) is 0.298. The van der Waals surface area contributed by atoms with Crippen molar-refractivity contribution in [2.75, 3.05) is 37.7 Å². The van der Waals surface area contributed by atoms with Crippen molar-refractivity contribution in [3.63, 3.8) is 0 Å². The summed E-state index contributed by atoms with van der Waals surface area (Å²) < 4.78 is 23.0. The zero-order valence-electron chi connectivity index (χ0n) is 23.2. The van der Waals surface area contributed by atoms with E-state index in [0.717, 1.165) is 50.2 Å². The second-order valence-corrected chi connectivity index (χ2v) is 12.5. The summed E-state index contributed by atoms with van der Waals surface area (Å²) in [7, 11) is 0. The van der Waals surface area contributed by atoms with Gasteiger partial charge in [-0.15, -0.1) is 0 Å². The average Bonchev–Trinajstić information content (AvgIpc) is 3.69. The molecule has 0 spiro atoms. The second-order valence-electron chi connectivity index (χ2n) is 12.5. The molecule has 0 radical (unpaired) electrons. The number of hydrogen-bond donors (Lipinski definition) is 0. The van der Waals surface area contributed by atoms with Gasteiger partial charge in [0.05, 0.1) is 22.6 Å². The minimum absolute atomic E-state index is 0.0430. The molecule has 3 saturated heterocycles. The first kappa shape index (κ1) is 24.9. The number of piperidine rings is 1. The van der Waals surface area contributed by atoms with Gasteiger partial charge in [0.25, 0.3) is 0 Å². The van der Waals surface area contributed by atoms with E-state index < -0.39 is 5.82 Å². The maximum Gasteiger partial charge on any atom is 0.319 e.